The van der Waals surface area contributed by atoms with E-state index in [4.69, 9.17) is 4.74 Å². The minimum Gasteiger partial charge on any atom is -0.497 e. The van der Waals surface area contributed by atoms with Crippen molar-refractivity contribution in [2.75, 3.05) is 7.11 Å². The number of methoxy groups -OCH3 is 1. The third-order valence-electron chi connectivity index (χ3n) is 8.28. The summed E-state index contributed by atoms with van der Waals surface area (Å²) < 4.78 is 5.45. The number of fused-ring (bicyclic) bond motifs is 1. The van der Waals surface area contributed by atoms with E-state index in [-0.39, 0.29) is 17.8 Å². The molecule has 1 N–H and O–H groups in total. The zero-order valence-electron chi connectivity index (χ0n) is 20.7. The number of aryl methyl sites for hydroxylation is 4. The molecule has 0 aromatic heterocycles. The molecule has 1 fully saturated rings. The van der Waals surface area contributed by atoms with Gasteiger partial charge in [0.1, 0.15) is 5.75 Å². The number of carbonyl (C=O) groups is 1. The van der Waals surface area contributed by atoms with Gasteiger partial charge in [-0.3, -0.25) is 4.79 Å². The first-order valence-corrected chi connectivity index (χ1v) is 12.4. The molecule has 0 heterocycles. The van der Waals surface area contributed by atoms with Crippen molar-refractivity contribution in [3.8, 4) is 16.9 Å². The van der Waals surface area contributed by atoms with Gasteiger partial charge in [-0.05, 0) is 120 Å². The largest absolute Gasteiger partial charge is 0.497 e. The number of carboxylic acid groups (broad SMARTS) is 1. The monoisotopic (exact) mass is 454 g/mol. The lowest BCUT2D eigenvalue weighted by Gasteiger charge is -2.17. The Bertz CT molecular complexity index is 1240. The number of benzene rings is 3. The number of rotatable bonds is 7. The predicted molar refractivity (Wildman–Crippen MR) is 137 cm³/mol. The van der Waals surface area contributed by atoms with Gasteiger partial charge in [0.2, 0.25) is 0 Å². The molecule has 0 amide bonds. The van der Waals surface area contributed by atoms with Gasteiger partial charge in [0.25, 0.3) is 0 Å². The Balaban J connectivity index is 1.37. The van der Waals surface area contributed by atoms with Crippen LogP contribution in [0, 0.1) is 26.2 Å². The van der Waals surface area contributed by atoms with Crippen molar-refractivity contribution >= 4 is 5.97 Å². The maximum atomic E-state index is 11.4. The molecule has 1 unspecified atom stereocenters. The van der Waals surface area contributed by atoms with Gasteiger partial charge in [-0.1, -0.05) is 36.4 Å². The minimum absolute atomic E-state index is 0.198. The van der Waals surface area contributed by atoms with Crippen molar-refractivity contribution in [3.63, 3.8) is 0 Å². The highest BCUT2D eigenvalue weighted by molar-refractivity contribution is 5.75. The van der Waals surface area contributed by atoms with E-state index >= 15 is 0 Å². The van der Waals surface area contributed by atoms with Crippen LogP contribution >= 0.6 is 0 Å². The van der Waals surface area contributed by atoms with E-state index in [0.717, 1.165) is 25.0 Å². The van der Waals surface area contributed by atoms with Crippen molar-refractivity contribution in [1.29, 1.82) is 0 Å². The number of ether oxygens (including phenoxy) is 1. The molecule has 2 aliphatic rings. The topological polar surface area (TPSA) is 46.5 Å². The molecule has 1 atom stereocenters. The molecule has 2 aliphatic carbocycles. The molecule has 0 aliphatic heterocycles. The van der Waals surface area contributed by atoms with E-state index in [1.165, 1.54) is 62.9 Å². The van der Waals surface area contributed by atoms with Crippen molar-refractivity contribution in [2.24, 2.45) is 5.41 Å². The number of hydrogen-bond donors (Lipinski definition) is 1. The van der Waals surface area contributed by atoms with Gasteiger partial charge >= 0.3 is 5.97 Å². The molecule has 1 saturated carbocycles. The summed E-state index contributed by atoms with van der Waals surface area (Å²) in [4.78, 5) is 11.4. The lowest BCUT2D eigenvalue weighted by Crippen LogP contribution is -2.13. The Morgan fingerprint density at radius 1 is 1.03 bits per heavy atom. The number of hydrogen-bond acceptors (Lipinski definition) is 2. The molecule has 3 aromatic rings. The van der Waals surface area contributed by atoms with Crippen LogP contribution in [0.25, 0.3) is 11.1 Å². The van der Waals surface area contributed by atoms with Gasteiger partial charge < -0.3 is 9.84 Å². The van der Waals surface area contributed by atoms with Crippen LogP contribution < -0.4 is 4.74 Å². The molecule has 0 saturated heterocycles. The Labute approximate surface area is 202 Å². The molecule has 3 heteroatoms. The zero-order chi connectivity index (χ0) is 24.0. The Hall–Kier alpha value is -3.07. The Morgan fingerprint density at radius 3 is 2.41 bits per heavy atom. The number of aliphatic carboxylic acids is 1. The van der Waals surface area contributed by atoms with Crippen molar-refractivity contribution < 1.29 is 14.6 Å². The maximum absolute atomic E-state index is 11.4. The summed E-state index contributed by atoms with van der Waals surface area (Å²) in [7, 11) is 1.72. The van der Waals surface area contributed by atoms with Crippen molar-refractivity contribution in [3.05, 3.63) is 87.5 Å². The van der Waals surface area contributed by atoms with Gasteiger partial charge in [0.05, 0.1) is 13.5 Å². The van der Waals surface area contributed by atoms with Gasteiger partial charge in [0.15, 0.2) is 0 Å². The highest BCUT2D eigenvalue weighted by Gasteiger charge is 2.54. The second-order valence-electron chi connectivity index (χ2n) is 10.4. The molecular formula is C31H34O3. The van der Waals surface area contributed by atoms with E-state index in [1.807, 2.05) is 0 Å². The molecule has 0 bridgehead atoms. The van der Waals surface area contributed by atoms with Crippen LogP contribution in [-0.4, -0.2) is 18.2 Å². The second-order valence-corrected chi connectivity index (χ2v) is 10.4. The van der Waals surface area contributed by atoms with Crippen molar-refractivity contribution in [2.45, 2.75) is 65.2 Å². The summed E-state index contributed by atoms with van der Waals surface area (Å²) >= 11 is 0. The fraction of sp³-hybridized carbons (Fsp3) is 0.387. The molecular weight excluding hydrogens is 420 g/mol. The zero-order valence-corrected chi connectivity index (χ0v) is 20.7. The molecule has 3 aromatic carbocycles. The van der Waals surface area contributed by atoms with E-state index < -0.39 is 5.97 Å². The predicted octanol–water partition coefficient (Wildman–Crippen LogP) is 6.97. The molecule has 1 spiro atoms. The van der Waals surface area contributed by atoms with E-state index in [2.05, 4.69) is 69.3 Å². The first-order chi connectivity index (χ1) is 16.3. The third kappa shape index (κ3) is 4.02. The Kier molecular flexibility index (Phi) is 5.75. The van der Waals surface area contributed by atoms with Crippen molar-refractivity contribution in [1.82, 2.24) is 0 Å². The molecule has 34 heavy (non-hydrogen) atoms. The second kappa shape index (κ2) is 8.61. The lowest BCUT2D eigenvalue weighted by atomic mass is 9.86. The highest BCUT2D eigenvalue weighted by atomic mass is 16.5. The summed E-state index contributed by atoms with van der Waals surface area (Å²) in [6, 6.07) is 17.7. The van der Waals surface area contributed by atoms with Crippen LogP contribution in [0.2, 0.25) is 0 Å². The smallest absolute Gasteiger partial charge is 0.303 e. The normalized spacial score (nSPS) is 17.6. The summed E-state index contributed by atoms with van der Waals surface area (Å²) in [5, 5.41) is 9.41. The summed E-state index contributed by atoms with van der Waals surface area (Å²) in [6.07, 6.45) is 5.66. The molecule has 5 rings (SSSR count). The fourth-order valence-corrected chi connectivity index (χ4v) is 6.30. The SMILES string of the molecule is COc1cc(C)c(-c2cccc(CCc3ccc4c(c3)CC3(CC3)C4CC(=O)O)c2C)c(C)c1. The maximum Gasteiger partial charge on any atom is 0.303 e. The van der Waals surface area contributed by atoms with Crippen LogP contribution in [-0.2, 0) is 24.1 Å². The van der Waals surface area contributed by atoms with Gasteiger partial charge in [-0.15, -0.1) is 0 Å². The minimum atomic E-state index is -0.675. The van der Waals surface area contributed by atoms with Crippen LogP contribution in [0.5, 0.6) is 5.75 Å². The standard InChI is InChI=1S/C31H34O3/c1-19-14-25(34-4)15-20(2)30(19)26-7-5-6-23(21(26)3)10-8-22-9-11-27-24(16-22)18-31(12-13-31)28(27)17-29(32)33/h5-7,9,11,14-16,28H,8,10,12-13,17-18H2,1-4H3,(H,32,33). The van der Waals surface area contributed by atoms with Gasteiger partial charge in [-0.2, -0.15) is 0 Å². The average molecular weight is 455 g/mol. The fourth-order valence-electron chi connectivity index (χ4n) is 6.30. The van der Waals surface area contributed by atoms with Crippen LogP contribution in [0.15, 0.2) is 48.5 Å². The number of carboxylic acids is 1. The summed E-state index contributed by atoms with van der Waals surface area (Å²) in [5.74, 6) is 0.428. The molecule has 3 nitrogen and oxygen atoms in total. The third-order valence-corrected chi connectivity index (χ3v) is 8.28. The quantitative estimate of drug-likeness (QED) is 0.419. The van der Waals surface area contributed by atoms with Crippen LogP contribution in [0.1, 0.15) is 64.1 Å². The average Bonchev–Trinajstić information content (AvgIpc) is 3.51. The lowest BCUT2D eigenvalue weighted by molar-refractivity contribution is -0.137. The Morgan fingerprint density at radius 2 is 1.76 bits per heavy atom. The van der Waals surface area contributed by atoms with Crippen LogP contribution in [0.3, 0.4) is 0 Å². The molecule has 176 valence electrons. The molecule has 0 radical (unpaired) electrons. The summed E-state index contributed by atoms with van der Waals surface area (Å²) in [6.45, 7) is 6.56. The highest BCUT2D eigenvalue weighted by Crippen LogP contribution is 2.64. The van der Waals surface area contributed by atoms with Crippen LogP contribution in [0.4, 0.5) is 0 Å². The first-order valence-electron chi connectivity index (χ1n) is 12.4. The van der Waals surface area contributed by atoms with E-state index in [9.17, 15) is 9.90 Å². The first kappa shape index (κ1) is 22.7. The summed E-state index contributed by atoms with van der Waals surface area (Å²) in [5.41, 5.74) is 12.1. The van der Waals surface area contributed by atoms with E-state index in [1.54, 1.807) is 7.11 Å². The van der Waals surface area contributed by atoms with Gasteiger partial charge in [-0.25, -0.2) is 0 Å². The van der Waals surface area contributed by atoms with E-state index in [0.29, 0.717) is 0 Å². The van der Waals surface area contributed by atoms with Gasteiger partial charge in [0, 0.05) is 5.92 Å².